The number of thioether (sulfide) groups is 1. The molecule has 5 rings (SSSR count). The number of hydrogen-bond acceptors (Lipinski definition) is 6. The zero-order valence-electron chi connectivity index (χ0n) is 22.5. The second-order valence-corrected chi connectivity index (χ2v) is 14.7. The Morgan fingerprint density at radius 3 is 2.32 bits per heavy atom. The Kier molecular flexibility index (Phi) is 7.74. The van der Waals surface area contributed by atoms with Gasteiger partial charge in [0.05, 0.1) is 5.69 Å². The monoisotopic (exact) mass is 544 g/mol. The van der Waals surface area contributed by atoms with Gasteiger partial charge in [-0.05, 0) is 81.6 Å². The van der Waals surface area contributed by atoms with Crippen LogP contribution in [0.25, 0.3) is 0 Å². The Hall–Kier alpha value is -1.87. The van der Waals surface area contributed by atoms with Gasteiger partial charge in [0.1, 0.15) is 11.2 Å². The molecule has 9 heteroatoms. The minimum atomic E-state index is -0.936. The van der Waals surface area contributed by atoms with Crippen LogP contribution in [0.3, 0.4) is 0 Å². The summed E-state index contributed by atoms with van der Waals surface area (Å²) >= 11 is 3.15. The first-order valence-corrected chi connectivity index (χ1v) is 15.6. The van der Waals surface area contributed by atoms with E-state index in [1.54, 1.807) is 0 Å². The smallest absolute Gasteiger partial charge is 0.348 e. The third-order valence-electron chi connectivity index (χ3n) is 8.27. The van der Waals surface area contributed by atoms with Crippen LogP contribution in [0.1, 0.15) is 112 Å². The van der Waals surface area contributed by atoms with Gasteiger partial charge in [-0.15, -0.1) is 21.5 Å². The second kappa shape index (κ2) is 10.7. The summed E-state index contributed by atoms with van der Waals surface area (Å²) in [5.74, 6) is -0.155. The topological polar surface area (TPSA) is 88.3 Å². The number of hydrogen-bond donors (Lipinski definition) is 1. The van der Waals surface area contributed by atoms with E-state index in [1.807, 2.05) is 29.1 Å². The molecule has 3 aliphatic carbocycles. The molecule has 3 fully saturated rings. The highest BCUT2D eigenvalue weighted by Gasteiger charge is 2.39. The van der Waals surface area contributed by atoms with Crippen molar-refractivity contribution in [1.29, 1.82) is 0 Å². The molecule has 0 spiro atoms. The highest BCUT2D eigenvalue weighted by Crippen LogP contribution is 2.44. The summed E-state index contributed by atoms with van der Waals surface area (Å²) < 4.78 is 2.22. The number of carboxylic acids is 1. The van der Waals surface area contributed by atoms with Crippen LogP contribution in [-0.4, -0.2) is 43.0 Å². The van der Waals surface area contributed by atoms with Gasteiger partial charge in [-0.3, -0.25) is 4.79 Å². The summed E-state index contributed by atoms with van der Waals surface area (Å²) in [6, 6.07) is 2.59. The average Bonchev–Trinajstić information content (AvgIpc) is 3.41. The molecular formula is C28H40N4O3S2. The Morgan fingerprint density at radius 2 is 1.73 bits per heavy atom. The van der Waals surface area contributed by atoms with Crippen LogP contribution in [0.5, 0.6) is 0 Å². The van der Waals surface area contributed by atoms with Gasteiger partial charge in [0.15, 0.2) is 5.16 Å². The summed E-state index contributed by atoms with van der Waals surface area (Å²) in [6.45, 7) is 8.57. The predicted octanol–water partition coefficient (Wildman–Crippen LogP) is 6.93. The maximum atomic E-state index is 14.1. The van der Waals surface area contributed by atoms with Gasteiger partial charge in [0, 0.05) is 28.1 Å². The molecule has 2 aromatic rings. The molecule has 1 N–H and O–H groups in total. The molecule has 3 aliphatic rings. The van der Waals surface area contributed by atoms with E-state index in [-0.39, 0.29) is 23.3 Å². The Balaban J connectivity index is 1.38. The summed E-state index contributed by atoms with van der Waals surface area (Å²) in [5, 5.41) is 20.1. The molecule has 0 radical (unpaired) electrons. The molecule has 0 aromatic carbocycles. The summed E-state index contributed by atoms with van der Waals surface area (Å²) in [4.78, 5) is 29.7. The number of carbonyl (C=O) groups is 2. The number of aromatic nitrogens is 3. The second-order valence-electron chi connectivity index (χ2n) is 12.3. The summed E-state index contributed by atoms with van der Waals surface area (Å²) in [6.07, 6.45) is 11.9. The average molecular weight is 545 g/mol. The molecular weight excluding hydrogens is 504 g/mol. The van der Waals surface area contributed by atoms with Crippen LogP contribution in [0.4, 0.5) is 5.69 Å². The molecule has 37 heavy (non-hydrogen) atoms. The van der Waals surface area contributed by atoms with Crippen molar-refractivity contribution < 1.29 is 14.7 Å². The lowest BCUT2D eigenvalue weighted by molar-refractivity contribution is -0.124. The molecule has 0 aliphatic heterocycles. The zero-order chi connectivity index (χ0) is 26.3. The molecule has 3 saturated carbocycles. The van der Waals surface area contributed by atoms with Crippen molar-refractivity contribution in [1.82, 2.24) is 14.8 Å². The first-order valence-electron chi connectivity index (χ1n) is 13.9. The van der Waals surface area contributed by atoms with E-state index >= 15 is 0 Å². The largest absolute Gasteiger partial charge is 0.477 e. The fraction of sp³-hybridized carbons (Fsp3) is 0.714. The Bertz CT molecular complexity index is 1120. The zero-order valence-corrected chi connectivity index (χ0v) is 24.1. The lowest BCUT2D eigenvalue weighted by atomic mass is 9.81. The van der Waals surface area contributed by atoms with Crippen molar-refractivity contribution in [2.75, 3.05) is 4.90 Å². The number of rotatable bonds is 7. The fourth-order valence-electron chi connectivity index (χ4n) is 5.77. The van der Waals surface area contributed by atoms with Gasteiger partial charge in [-0.2, -0.15) is 0 Å². The summed E-state index contributed by atoms with van der Waals surface area (Å²) in [5.41, 5.74) is 0.448. The minimum Gasteiger partial charge on any atom is -0.477 e. The Morgan fingerprint density at radius 1 is 1.05 bits per heavy atom. The third kappa shape index (κ3) is 5.92. The SMILES string of the molecule is CC1CCC(C(=O)N(c2cc(C(C)(C)C)sc2C(=O)O)C2CCC(Sc3nncn3C3CC3)CC2)CC1. The van der Waals surface area contributed by atoms with Crippen molar-refractivity contribution in [2.24, 2.45) is 11.8 Å². The van der Waals surface area contributed by atoms with Crippen molar-refractivity contribution in [3.05, 3.63) is 22.1 Å². The lowest BCUT2D eigenvalue weighted by Gasteiger charge is -2.39. The van der Waals surface area contributed by atoms with Gasteiger partial charge < -0.3 is 14.6 Å². The number of thiophene rings is 1. The van der Waals surface area contributed by atoms with Crippen LogP contribution in [0.2, 0.25) is 0 Å². The van der Waals surface area contributed by atoms with E-state index in [4.69, 9.17) is 0 Å². The fourth-order valence-corrected chi connectivity index (χ4v) is 8.04. The van der Waals surface area contributed by atoms with Crippen LogP contribution in [0, 0.1) is 11.8 Å². The first kappa shape index (κ1) is 26.7. The number of carboxylic acid groups (broad SMARTS) is 1. The summed E-state index contributed by atoms with van der Waals surface area (Å²) in [7, 11) is 0. The Labute approximate surface area is 228 Å². The molecule has 2 aromatic heterocycles. The molecule has 0 atom stereocenters. The third-order valence-corrected chi connectivity index (χ3v) is 11.1. The normalized spacial score (nSPS) is 26.7. The van der Waals surface area contributed by atoms with Crippen LogP contribution in [-0.2, 0) is 10.2 Å². The van der Waals surface area contributed by atoms with Gasteiger partial charge in [-0.25, -0.2) is 4.79 Å². The van der Waals surface area contributed by atoms with E-state index in [9.17, 15) is 14.7 Å². The molecule has 1 amide bonds. The van der Waals surface area contributed by atoms with Crippen molar-refractivity contribution in [3.8, 4) is 0 Å². The first-order chi connectivity index (χ1) is 17.6. The number of carbonyl (C=O) groups excluding carboxylic acids is 1. The quantitative estimate of drug-likeness (QED) is 0.406. The standard InChI is InChI=1S/C28H40N4O3S2/c1-17-5-7-18(8-6-17)25(33)32(22-15-23(28(2,3)4)37-24(22)26(34)35)20-11-13-21(14-12-20)36-27-30-29-16-31(27)19-9-10-19/h15-21H,5-14H2,1-4H3,(H,34,35). The number of amides is 1. The van der Waals surface area contributed by atoms with Crippen molar-refractivity contribution in [3.63, 3.8) is 0 Å². The van der Waals surface area contributed by atoms with E-state index in [1.165, 1.54) is 24.2 Å². The van der Waals surface area contributed by atoms with E-state index in [0.717, 1.165) is 61.4 Å². The van der Waals surface area contributed by atoms with E-state index in [2.05, 4.69) is 42.5 Å². The van der Waals surface area contributed by atoms with Crippen LogP contribution in [0.15, 0.2) is 17.6 Å². The molecule has 7 nitrogen and oxygen atoms in total. The van der Waals surface area contributed by atoms with Crippen LogP contribution >= 0.6 is 23.1 Å². The number of anilines is 1. The maximum Gasteiger partial charge on any atom is 0.348 e. The molecule has 0 unspecified atom stereocenters. The number of aromatic carboxylic acids is 1. The van der Waals surface area contributed by atoms with Gasteiger partial charge in [0.25, 0.3) is 0 Å². The highest BCUT2D eigenvalue weighted by molar-refractivity contribution is 7.99. The van der Waals surface area contributed by atoms with Crippen molar-refractivity contribution >= 4 is 40.7 Å². The molecule has 0 saturated heterocycles. The van der Waals surface area contributed by atoms with Crippen molar-refractivity contribution in [2.45, 2.75) is 120 Å². The minimum absolute atomic E-state index is 0.0139. The van der Waals surface area contributed by atoms with E-state index in [0.29, 0.717) is 27.8 Å². The van der Waals surface area contributed by atoms with E-state index < -0.39 is 5.97 Å². The van der Waals surface area contributed by atoms with Gasteiger partial charge in [0.2, 0.25) is 5.91 Å². The number of nitrogens with zero attached hydrogens (tertiary/aromatic N) is 4. The molecule has 202 valence electrons. The van der Waals surface area contributed by atoms with Crippen LogP contribution < -0.4 is 4.90 Å². The van der Waals surface area contributed by atoms with Gasteiger partial charge in [-0.1, -0.05) is 39.5 Å². The highest BCUT2D eigenvalue weighted by atomic mass is 32.2. The maximum absolute atomic E-state index is 14.1. The van der Waals surface area contributed by atoms with Gasteiger partial charge >= 0.3 is 5.97 Å². The molecule has 2 heterocycles. The predicted molar refractivity (Wildman–Crippen MR) is 149 cm³/mol. The molecule has 0 bridgehead atoms. The lowest BCUT2D eigenvalue weighted by Crippen LogP contribution is -2.46.